The van der Waals surface area contributed by atoms with Crippen LogP contribution < -0.4 is 4.74 Å². The molecule has 0 saturated carbocycles. The maximum atomic E-state index is 12.2. The van der Waals surface area contributed by atoms with Gasteiger partial charge < -0.3 is 4.74 Å². The summed E-state index contributed by atoms with van der Waals surface area (Å²) in [4.78, 5) is 12.2. The number of ether oxygens (including phenoxy) is 1. The molecule has 0 spiro atoms. The third-order valence-electron chi connectivity index (χ3n) is 3.63. The number of hydrogen-bond donors (Lipinski definition) is 0. The van der Waals surface area contributed by atoms with E-state index < -0.39 is 0 Å². The van der Waals surface area contributed by atoms with E-state index in [0.29, 0.717) is 0 Å². The van der Waals surface area contributed by atoms with Crippen molar-refractivity contribution in [2.24, 2.45) is 5.92 Å². The number of methoxy groups -OCH3 is 1. The van der Waals surface area contributed by atoms with Crippen LogP contribution in [-0.4, -0.2) is 12.9 Å². The minimum absolute atomic E-state index is 0.0438. The van der Waals surface area contributed by atoms with Gasteiger partial charge in [0.05, 0.1) is 7.11 Å². The SMILES string of the molecule is CCC(C)C(=O)c1ccc(-c2ccccc2)c(OC)c1. The lowest BCUT2D eigenvalue weighted by atomic mass is 9.94. The molecule has 0 bridgehead atoms. The second kappa shape index (κ2) is 6.38. The number of benzene rings is 2. The smallest absolute Gasteiger partial charge is 0.165 e. The molecule has 0 heterocycles. The van der Waals surface area contributed by atoms with Gasteiger partial charge in [-0.3, -0.25) is 4.79 Å². The van der Waals surface area contributed by atoms with Crippen molar-refractivity contribution < 1.29 is 9.53 Å². The summed E-state index contributed by atoms with van der Waals surface area (Å²) in [5, 5.41) is 0. The van der Waals surface area contributed by atoms with Crippen LogP contribution in [0.1, 0.15) is 30.6 Å². The number of carbonyl (C=O) groups is 1. The first-order valence-electron chi connectivity index (χ1n) is 6.95. The van der Waals surface area contributed by atoms with Crippen LogP contribution in [0.15, 0.2) is 48.5 Å². The Morgan fingerprint density at radius 1 is 1.15 bits per heavy atom. The summed E-state index contributed by atoms with van der Waals surface area (Å²) in [6.45, 7) is 3.98. The van der Waals surface area contributed by atoms with Crippen molar-refractivity contribution in [1.82, 2.24) is 0 Å². The summed E-state index contributed by atoms with van der Waals surface area (Å²) in [6.07, 6.45) is 0.849. The molecule has 1 unspecified atom stereocenters. The second-order valence-electron chi connectivity index (χ2n) is 4.95. The molecule has 0 radical (unpaired) electrons. The predicted molar refractivity (Wildman–Crippen MR) is 82.2 cm³/mol. The lowest BCUT2D eigenvalue weighted by Gasteiger charge is -2.12. The Hall–Kier alpha value is -2.09. The van der Waals surface area contributed by atoms with Gasteiger partial charge in [-0.05, 0) is 24.1 Å². The van der Waals surface area contributed by atoms with Crippen LogP contribution in [0.4, 0.5) is 0 Å². The highest BCUT2D eigenvalue weighted by atomic mass is 16.5. The average molecular weight is 268 g/mol. The lowest BCUT2D eigenvalue weighted by Crippen LogP contribution is -2.10. The van der Waals surface area contributed by atoms with E-state index in [1.807, 2.05) is 62.4 Å². The Morgan fingerprint density at radius 2 is 1.85 bits per heavy atom. The van der Waals surface area contributed by atoms with E-state index >= 15 is 0 Å². The first-order valence-corrected chi connectivity index (χ1v) is 6.95. The molecule has 0 aliphatic carbocycles. The van der Waals surface area contributed by atoms with Crippen molar-refractivity contribution in [3.05, 3.63) is 54.1 Å². The van der Waals surface area contributed by atoms with Crippen LogP contribution in [0.2, 0.25) is 0 Å². The van der Waals surface area contributed by atoms with Gasteiger partial charge >= 0.3 is 0 Å². The highest BCUT2D eigenvalue weighted by molar-refractivity contribution is 5.98. The normalized spacial score (nSPS) is 11.9. The van der Waals surface area contributed by atoms with E-state index in [2.05, 4.69) is 0 Å². The van der Waals surface area contributed by atoms with Gasteiger partial charge in [0.2, 0.25) is 0 Å². The van der Waals surface area contributed by atoms with Crippen molar-refractivity contribution in [2.75, 3.05) is 7.11 Å². The standard InChI is InChI=1S/C18H20O2/c1-4-13(2)18(19)15-10-11-16(17(12-15)20-3)14-8-6-5-7-9-14/h5-13H,4H2,1-3H3. The van der Waals surface area contributed by atoms with Gasteiger partial charge in [0.1, 0.15) is 5.75 Å². The summed E-state index contributed by atoms with van der Waals surface area (Å²) in [5.41, 5.74) is 2.82. The molecule has 2 nitrogen and oxygen atoms in total. The lowest BCUT2D eigenvalue weighted by molar-refractivity contribution is 0.0927. The monoisotopic (exact) mass is 268 g/mol. The summed E-state index contributed by atoms with van der Waals surface area (Å²) >= 11 is 0. The molecule has 0 aliphatic heterocycles. The molecule has 2 aromatic carbocycles. The molecular weight excluding hydrogens is 248 g/mol. The summed E-state index contributed by atoms with van der Waals surface area (Å²) < 4.78 is 5.45. The first kappa shape index (κ1) is 14.3. The minimum Gasteiger partial charge on any atom is -0.496 e. The third-order valence-corrected chi connectivity index (χ3v) is 3.63. The fraction of sp³-hybridized carbons (Fsp3) is 0.278. The molecule has 20 heavy (non-hydrogen) atoms. The van der Waals surface area contributed by atoms with Crippen molar-refractivity contribution in [2.45, 2.75) is 20.3 Å². The fourth-order valence-corrected chi connectivity index (χ4v) is 2.17. The molecule has 1 atom stereocenters. The zero-order chi connectivity index (χ0) is 14.5. The van der Waals surface area contributed by atoms with Crippen molar-refractivity contribution in [1.29, 1.82) is 0 Å². The largest absolute Gasteiger partial charge is 0.496 e. The summed E-state index contributed by atoms with van der Waals surface area (Å²) in [5.74, 6) is 0.957. The Bertz CT molecular complexity index is 588. The molecular formula is C18H20O2. The van der Waals surface area contributed by atoms with E-state index in [1.165, 1.54) is 0 Å². The number of carbonyl (C=O) groups excluding carboxylic acids is 1. The van der Waals surface area contributed by atoms with Gasteiger partial charge in [0.25, 0.3) is 0 Å². The van der Waals surface area contributed by atoms with E-state index in [0.717, 1.165) is 28.9 Å². The van der Waals surface area contributed by atoms with Gasteiger partial charge in [-0.1, -0.05) is 50.2 Å². The molecule has 0 aliphatic rings. The Labute approximate surface area is 120 Å². The van der Waals surface area contributed by atoms with Crippen molar-refractivity contribution >= 4 is 5.78 Å². The quantitative estimate of drug-likeness (QED) is 0.741. The maximum Gasteiger partial charge on any atom is 0.165 e. The average Bonchev–Trinajstić information content (AvgIpc) is 2.53. The first-order chi connectivity index (χ1) is 9.67. The van der Waals surface area contributed by atoms with Gasteiger partial charge in [-0.25, -0.2) is 0 Å². The van der Waals surface area contributed by atoms with Crippen molar-refractivity contribution in [3.8, 4) is 16.9 Å². The molecule has 0 saturated heterocycles. The van der Waals surface area contributed by atoms with Gasteiger partial charge in [-0.15, -0.1) is 0 Å². The van der Waals surface area contributed by atoms with Crippen LogP contribution in [0.25, 0.3) is 11.1 Å². The molecule has 2 rings (SSSR count). The van der Waals surface area contributed by atoms with Crippen LogP contribution in [0.5, 0.6) is 5.75 Å². The Kier molecular flexibility index (Phi) is 4.57. The van der Waals surface area contributed by atoms with Crippen LogP contribution in [-0.2, 0) is 0 Å². The Balaban J connectivity index is 2.41. The van der Waals surface area contributed by atoms with Crippen LogP contribution in [0.3, 0.4) is 0 Å². The molecule has 0 aromatic heterocycles. The van der Waals surface area contributed by atoms with E-state index in [4.69, 9.17) is 4.74 Å². The van der Waals surface area contributed by atoms with Gasteiger partial charge in [-0.2, -0.15) is 0 Å². The maximum absolute atomic E-state index is 12.2. The molecule has 2 aromatic rings. The van der Waals surface area contributed by atoms with Gasteiger partial charge in [0, 0.05) is 17.0 Å². The molecule has 0 amide bonds. The molecule has 2 heteroatoms. The third kappa shape index (κ3) is 2.90. The molecule has 0 fully saturated rings. The number of hydrogen-bond acceptors (Lipinski definition) is 2. The van der Waals surface area contributed by atoms with E-state index in [1.54, 1.807) is 7.11 Å². The second-order valence-corrected chi connectivity index (χ2v) is 4.95. The highest BCUT2D eigenvalue weighted by Gasteiger charge is 2.15. The number of rotatable bonds is 5. The van der Waals surface area contributed by atoms with E-state index in [-0.39, 0.29) is 11.7 Å². The van der Waals surface area contributed by atoms with Crippen LogP contribution >= 0.6 is 0 Å². The number of Topliss-reactive ketones (excluding diaryl/α,β-unsaturated/α-hetero) is 1. The number of ketones is 1. The fourth-order valence-electron chi connectivity index (χ4n) is 2.17. The van der Waals surface area contributed by atoms with Crippen molar-refractivity contribution in [3.63, 3.8) is 0 Å². The zero-order valence-corrected chi connectivity index (χ0v) is 12.2. The summed E-state index contributed by atoms with van der Waals surface area (Å²) in [7, 11) is 1.64. The topological polar surface area (TPSA) is 26.3 Å². The molecule has 104 valence electrons. The predicted octanol–water partition coefficient (Wildman–Crippen LogP) is 4.59. The van der Waals surface area contributed by atoms with Gasteiger partial charge in [0.15, 0.2) is 5.78 Å². The highest BCUT2D eigenvalue weighted by Crippen LogP contribution is 2.31. The van der Waals surface area contributed by atoms with Crippen LogP contribution in [0, 0.1) is 5.92 Å². The Morgan fingerprint density at radius 3 is 2.45 bits per heavy atom. The summed E-state index contributed by atoms with van der Waals surface area (Å²) in [6, 6.07) is 15.7. The zero-order valence-electron chi connectivity index (χ0n) is 12.2. The molecule has 0 N–H and O–H groups in total. The van der Waals surface area contributed by atoms with E-state index in [9.17, 15) is 4.79 Å². The minimum atomic E-state index is 0.0438.